The quantitative estimate of drug-likeness (QED) is 0.506. The van der Waals surface area contributed by atoms with Gasteiger partial charge in [-0.1, -0.05) is 24.3 Å². The zero-order chi connectivity index (χ0) is 25.2. The average Bonchev–Trinajstić information content (AvgIpc) is 3.05. The zero-order valence-corrected chi connectivity index (χ0v) is 21.3. The van der Waals surface area contributed by atoms with Crippen molar-refractivity contribution in [1.82, 2.24) is 14.2 Å². The maximum absolute atomic E-state index is 13.8. The third-order valence-electron chi connectivity index (χ3n) is 5.65. The first-order chi connectivity index (χ1) is 16.5. The van der Waals surface area contributed by atoms with E-state index in [9.17, 15) is 13.2 Å². The molecule has 1 aliphatic heterocycles. The number of hydrogen-bond donors (Lipinski definition) is 0. The first-order valence-corrected chi connectivity index (χ1v) is 13.1. The van der Waals surface area contributed by atoms with Crippen LogP contribution in [0.2, 0.25) is 0 Å². The van der Waals surface area contributed by atoms with E-state index in [2.05, 4.69) is 4.98 Å². The number of rotatable bonds is 4. The van der Waals surface area contributed by atoms with Crippen molar-refractivity contribution in [1.29, 1.82) is 0 Å². The molecule has 0 unspecified atom stereocenters. The van der Waals surface area contributed by atoms with Crippen LogP contribution in [0.4, 0.5) is 4.79 Å². The Labute approximate surface area is 206 Å². The van der Waals surface area contributed by atoms with Crippen LogP contribution in [0.3, 0.4) is 0 Å². The van der Waals surface area contributed by atoms with E-state index >= 15 is 0 Å². The minimum absolute atomic E-state index is 0.158. The number of fused-ring (bicyclic) bond motifs is 1. The van der Waals surface area contributed by atoms with Crippen LogP contribution in [0.15, 0.2) is 59.8 Å². The van der Waals surface area contributed by atoms with Crippen LogP contribution in [0, 0.1) is 6.92 Å². The molecule has 0 bridgehead atoms. The second-order valence-corrected chi connectivity index (χ2v) is 11.5. The topological polar surface area (TPSA) is 89.0 Å². The number of ether oxygens (including phenoxy) is 2. The van der Waals surface area contributed by atoms with Crippen molar-refractivity contribution in [2.75, 3.05) is 26.2 Å². The highest BCUT2D eigenvalue weighted by Gasteiger charge is 2.31. The lowest BCUT2D eigenvalue weighted by Crippen LogP contribution is -2.40. The monoisotopic (exact) mass is 497 g/mol. The van der Waals surface area contributed by atoms with Gasteiger partial charge in [0.25, 0.3) is 0 Å². The molecule has 0 saturated carbocycles. The van der Waals surface area contributed by atoms with Gasteiger partial charge in [0.2, 0.25) is 10.0 Å². The van der Waals surface area contributed by atoms with Crippen LogP contribution in [0.1, 0.15) is 32.8 Å². The molecule has 0 radical (unpaired) electrons. The fourth-order valence-electron chi connectivity index (χ4n) is 4.05. The van der Waals surface area contributed by atoms with Crippen molar-refractivity contribution < 1.29 is 22.7 Å². The summed E-state index contributed by atoms with van der Waals surface area (Å²) in [7, 11) is -3.87. The number of aromatic nitrogens is 1. The van der Waals surface area contributed by atoms with Gasteiger partial charge in [-0.15, -0.1) is 0 Å². The van der Waals surface area contributed by atoms with Gasteiger partial charge in [0.1, 0.15) is 11.4 Å². The average molecular weight is 498 g/mol. The molecule has 1 aliphatic rings. The molecule has 2 heterocycles. The molecule has 0 N–H and O–H groups in total. The zero-order valence-electron chi connectivity index (χ0n) is 20.5. The molecule has 1 amide bonds. The van der Waals surface area contributed by atoms with E-state index in [1.807, 2.05) is 58.0 Å². The molecule has 9 heteroatoms. The number of pyridine rings is 1. The Hall–Kier alpha value is -3.17. The summed E-state index contributed by atoms with van der Waals surface area (Å²) in [6.45, 7) is 8.56. The van der Waals surface area contributed by atoms with Crippen molar-refractivity contribution in [3.05, 3.63) is 60.4 Å². The largest absolute Gasteiger partial charge is 0.455 e. The van der Waals surface area contributed by atoms with Gasteiger partial charge in [0.05, 0.1) is 11.1 Å². The molecule has 4 rings (SSSR count). The highest BCUT2D eigenvalue weighted by atomic mass is 32.2. The predicted molar refractivity (Wildman–Crippen MR) is 134 cm³/mol. The van der Waals surface area contributed by atoms with Gasteiger partial charge in [0, 0.05) is 43.1 Å². The van der Waals surface area contributed by atoms with Crippen molar-refractivity contribution in [3.8, 4) is 11.5 Å². The number of carbonyl (C=O) groups is 1. The number of benzene rings is 2. The molecule has 0 atom stereocenters. The van der Waals surface area contributed by atoms with Gasteiger partial charge in [-0.05, 0) is 57.9 Å². The summed E-state index contributed by atoms with van der Waals surface area (Å²) in [5.74, 6) is 0.978. The third-order valence-corrected chi connectivity index (χ3v) is 7.59. The molecule has 2 aromatic carbocycles. The highest BCUT2D eigenvalue weighted by molar-refractivity contribution is 7.89. The van der Waals surface area contributed by atoms with Crippen LogP contribution in [-0.4, -0.2) is 60.5 Å². The van der Waals surface area contributed by atoms with Gasteiger partial charge < -0.3 is 14.4 Å². The maximum Gasteiger partial charge on any atom is 0.410 e. The van der Waals surface area contributed by atoms with Gasteiger partial charge in [0.15, 0.2) is 5.75 Å². The Bertz CT molecular complexity index is 1330. The van der Waals surface area contributed by atoms with Crippen molar-refractivity contribution in [2.45, 2.75) is 44.6 Å². The maximum atomic E-state index is 13.8. The highest BCUT2D eigenvalue weighted by Crippen LogP contribution is 2.35. The molecular weight excluding hydrogens is 466 g/mol. The molecule has 0 spiro atoms. The Morgan fingerprint density at radius 2 is 1.77 bits per heavy atom. The summed E-state index contributed by atoms with van der Waals surface area (Å²) in [4.78, 5) is 18.5. The second-order valence-electron chi connectivity index (χ2n) is 9.64. The molecule has 3 aromatic rings. The summed E-state index contributed by atoms with van der Waals surface area (Å²) < 4.78 is 40.7. The summed E-state index contributed by atoms with van der Waals surface area (Å²) in [5, 5.41) is 1.15. The Morgan fingerprint density at radius 1 is 1.00 bits per heavy atom. The summed E-state index contributed by atoms with van der Waals surface area (Å²) in [6.07, 6.45) is 3.25. The SMILES string of the molecule is Cc1cccc(Oc2cncc3cccc(S(=O)(=O)N4CCCN(C(=O)OC(C)(C)C)CC4)c23)c1. The second kappa shape index (κ2) is 9.83. The molecule has 35 heavy (non-hydrogen) atoms. The van der Waals surface area contributed by atoms with E-state index in [1.54, 1.807) is 23.2 Å². The molecule has 186 valence electrons. The van der Waals surface area contributed by atoms with E-state index in [-0.39, 0.29) is 18.0 Å². The van der Waals surface area contributed by atoms with E-state index in [0.29, 0.717) is 41.8 Å². The van der Waals surface area contributed by atoms with Crippen LogP contribution in [0.5, 0.6) is 11.5 Å². The number of sulfonamides is 1. The molecule has 1 saturated heterocycles. The van der Waals surface area contributed by atoms with E-state index in [0.717, 1.165) is 5.56 Å². The van der Waals surface area contributed by atoms with Crippen LogP contribution < -0.4 is 4.74 Å². The number of amides is 1. The number of hydrogen-bond acceptors (Lipinski definition) is 6. The van der Waals surface area contributed by atoms with Crippen LogP contribution in [0.25, 0.3) is 10.8 Å². The summed E-state index contributed by atoms with van der Waals surface area (Å²) in [5.41, 5.74) is 0.419. The lowest BCUT2D eigenvalue weighted by Gasteiger charge is -2.26. The van der Waals surface area contributed by atoms with Crippen molar-refractivity contribution in [2.24, 2.45) is 0 Å². The van der Waals surface area contributed by atoms with Gasteiger partial charge >= 0.3 is 6.09 Å². The molecule has 8 nitrogen and oxygen atoms in total. The normalized spacial score (nSPS) is 15.6. The lowest BCUT2D eigenvalue weighted by molar-refractivity contribution is 0.0260. The van der Waals surface area contributed by atoms with E-state index < -0.39 is 21.7 Å². The van der Waals surface area contributed by atoms with Crippen molar-refractivity contribution >= 4 is 26.9 Å². The summed E-state index contributed by atoms with van der Waals surface area (Å²) >= 11 is 0. The first-order valence-electron chi connectivity index (χ1n) is 11.6. The number of aryl methyl sites for hydroxylation is 1. The Balaban J connectivity index is 1.65. The van der Waals surface area contributed by atoms with Gasteiger partial charge in [-0.25, -0.2) is 13.2 Å². The van der Waals surface area contributed by atoms with Crippen molar-refractivity contribution in [3.63, 3.8) is 0 Å². The number of carbonyl (C=O) groups excluding carboxylic acids is 1. The fraction of sp³-hybridized carbons (Fsp3) is 0.385. The predicted octanol–water partition coefficient (Wildman–Crippen LogP) is 4.97. The minimum Gasteiger partial charge on any atom is -0.455 e. The standard InChI is InChI=1S/C26H31N3O5S/c1-19-8-5-10-21(16-19)33-22-18-27-17-20-9-6-11-23(24(20)22)35(31,32)29-13-7-12-28(14-15-29)25(30)34-26(2,3)4/h5-6,8-11,16-18H,7,12-15H2,1-4H3. The lowest BCUT2D eigenvalue weighted by atomic mass is 10.1. The van der Waals surface area contributed by atoms with Gasteiger partial charge in [-0.2, -0.15) is 4.31 Å². The van der Waals surface area contributed by atoms with Crippen LogP contribution >= 0.6 is 0 Å². The molecule has 0 aliphatic carbocycles. The molecular formula is C26H31N3O5S. The smallest absolute Gasteiger partial charge is 0.410 e. The summed E-state index contributed by atoms with van der Waals surface area (Å²) in [6, 6.07) is 12.7. The van der Waals surface area contributed by atoms with E-state index in [1.165, 1.54) is 10.5 Å². The Morgan fingerprint density at radius 3 is 2.51 bits per heavy atom. The minimum atomic E-state index is -3.87. The van der Waals surface area contributed by atoms with Gasteiger partial charge in [-0.3, -0.25) is 4.98 Å². The Kier molecular flexibility index (Phi) is 7.00. The third kappa shape index (κ3) is 5.74. The first kappa shape index (κ1) is 24.9. The number of nitrogens with zero attached hydrogens (tertiary/aromatic N) is 3. The van der Waals surface area contributed by atoms with Crippen LogP contribution in [-0.2, 0) is 14.8 Å². The fourth-order valence-corrected chi connectivity index (χ4v) is 5.75. The molecule has 1 aromatic heterocycles. The van der Waals surface area contributed by atoms with E-state index in [4.69, 9.17) is 9.47 Å². The molecule has 1 fully saturated rings.